The standard InChI is InChI=1S/C13H17N3O2S/c1-8(11-14-5-7-19-11)16-9(2)12(17)15-6-3-4-10(15)13(16)18/h5,7-10H,3-4,6H2,1-2H3. The van der Waals surface area contributed by atoms with Gasteiger partial charge in [-0.15, -0.1) is 11.3 Å². The Morgan fingerprint density at radius 2 is 2.21 bits per heavy atom. The van der Waals surface area contributed by atoms with E-state index in [1.165, 1.54) is 11.3 Å². The number of carbonyl (C=O) groups excluding carboxylic acids is 2. The van der Waals surface area contributed by atoms with Crippen molar-refractivity contribution in [2.45, 2.75) is 44.8 Å². The van der Waals surface area contributed by atoms with Crippen molar-refractivity contribution >= 4 is 23.2 Å². The number of amides is 2. The van der Waals surface area contributed by atoms with Crippen LogP contribution in [-0.2, 0) is 9.59 Å². The van der Waals surface area contributed by atoms with Gasteiger partial charge in [0.25, 0.3) is 0 Å². The monoisotopic (exact) mass is 279 g/mol. The molecule has 2 amide bonds. The van der Waals surface area contributed by atoms with E-state index in [0.29, 0.717) is 0 Å². The van der Waals surface area contributed by atoms with Crippen LogP contribution in [0, 0.1) is 0 Å². The normalized spacial score (nSPS) is 28.7. The summed E-state index contributed by atoms with van der Waals surface area (Å²) in [6.45, 7) is 4.49. The molecule has 19 heavy (non-hydrogen) atoms. The summed E-state index contributed by atoms with van der Waals surface area (Å²) in [7, 11) is 0. The summed E-state index contributed by atoms with van der Waals surface area (Å²) in [6, 6.07) is -0.763. The Hall–Kier alpha value is -1.43. The number of hydrogen-bond acceptors (Lipinski definition) is 4. The number of fused-ring (bicyclic) bond motifs is 1. The fraction of sp³-hybridized carbons (Fsp3) is 0.615. The Morgan fingerprint density at radius 1 is 1.42 bits per heavy atom. The summed E-state index contributed by atoms with van der Waals surface area (Å²) in [4.78, 5) is 32.7. The van der Waals surface area contributed by atoms with Crippen LogP contribution in [-0.4, -0.2) is 45.2 Å². The van der Waals surface area contributed by atoms with E-state index in [1.807, 2.05) is 19.2 Å². The van der Waals surface area contributed by atoms with E-state index in [1.54, 1.807) is 16.0 Å². The van der Waals surface area contributed by atoms with Gasteiger partial charge in [-0.05, 0) is 26.7 Å². The van der Waals surface area contributed by atoms with Crippen molar-refractivity contribution < 1.29 is 9.59 Å². The maximum absolute atomic E-state index is 12.6. The lowest BCUT2D eigenvalue weighted by Crippen LogP contribution is -2.62. The van der Waals surface area contributed by atoms with Gasteiger partial charge in [-0.25, -0.2) is 4.98 Å². The number of thiazole rings is 1. The molecule has 3 atom stereocenters. The summed E-state index contributed by atoms with van der Waals surface area (Å²) in [5.74, 6) is 0.151. The smallest absolute Gasteiger partial charge is 0.246 e. The fourth-order valence-corrected chi connectivity index (χ4v) is 3.79. The molecule has 3 rings (SSSR count). The van der Waals surface area contributed by atoms with Gasteiger partial charge in [-0.3, -0.25) is 9.59 Å². The Balaban J connectivity index is 1.92. The average Bonchev–Trinajstić information content (AvgIpc) is 3.07. The molecule has 6 heteroatoms. The fourth-order valence-electron chi connectivity index (χ4n) is 3.10. The minimum Gasteiger partial charge on any atom is -0.329 e. The van der Waals surface area contributed by atoms with Gasteiger partial charge >= 0.3 is 0 Å². The summed E-state index contributed by atoms with van der Waals surface area (Å²) in [6.07, 6.45) is 3.45. The van der Waals surface area contributed by atoms with E-state index in [-0.39, 0.29) is 29.9 Å². The van der Waals surface area contributed by atoms with Crippen LogP contribution < -0.4 is 0 Å². The maximum Gasteiger partial charge on any atom is 0.246 e. The third-order valence-corrected chi connectivity index (χ3v) is 5.02. The summed E-state index contributed by atoms with van der Waals surface area (Å²) < 4.78 is 0. The molecule has 0 N–H and O–H groups in total. The summed E-state index contributed by atoms with van der Waals surface area (Å²) in [5.41, 5.74) is 0. The molecule has 0 aliphatic carbocycles. The number of carbonyl (C=O) groups is 2. The maximum atomic E-state index is 12.6. The van der Waals surface area contributed by atoms with E-state index in [9.17, 15) is 9.59 Å². The molecule has 1 aromatic rings. The molecule has 2 aliphatic rings. The number of rotatable bonds is 2. The second-order valence-electron chi connectivity index (χ2n) is 5.16. The Kier molecular flexibility index (Phi) is 3.05. The van der Waals surface area contributed by atoms with Crippen LogP contribution >= 0.6 is 11.3 Å². The Labute approximate surface area is 116 Å². The van der Waals surface area contributed by atoms with Crippen LogP contribution in [0.25, 0.3) is 0 Å². The predicted molar refractivity (Wildman–Crippen MR) is 71.6 cm³/mol. The molecule has 3 heterocycles. The van der Waals surface area contributed by atoms with Gasteiger partial charge in [-0.2, -0.15) is 0 Å². The van der Waals surface area contributed by atoms with E-state index in [4.69, 9.17) is 0 Å². The quantitative estimate of drug-likeness (QED) is 0.823. The zero-order chi connectivity index (χ0) is 13.6. The molecule has 0 spiro atoms. The zero-order valence-corrected chi connectivity index (χ0v) is 11.9. The summed E-state index contributed by atoms with van der Waals surface area (Å²) in [5, 5.41) is 2.79. The molecule has 2 fully saturated rings. The first-order valence-corrected chi connectivity index (χ1v) is 7.51. The summed E-state index contributed by atoms with van der Waals surface area (Å²) >= 11 is 1.53. The van der Waals surface area contributed by atoms with Crippen LogP contribution in [0.5, 0.6) is 0 Å². The van der Waals surface area contributed by atoms with E-state index >= 15 is 0 Å². The van der Waals surface area contributed by atoms with E-state index in [2.05, 4.69) is 4.98 Å². The lowest BCUT2D eigenvalue weighted by molar-refractivity contribution is -0.161. The van der Waals surface area contributed by atoms with Crippen molar-refractivity contribution in [2.24, 2.45) is 0 Å². The molecule has 5 nitrogen and oxygen atoms in total. The highest BCUT2D eigenvalue weighted by Gasteiger charge is 2.47. The molecule has 1 aromatic heterocycles. The first kappa shape index (κ1) is 12.6. The lowest BCUT2D eigenvalue weighted by Gasteiger charge is -2.43. The molecular formula is C13H17N3O2S. The molecule has 0 bridgehead atoms. The predicted octanol–water partition coefficient (Wildman–Crippen LogP) is 1.43. The molecular weight excluding hydrogens is 262 g/mol. The highest BCUT2D eigenvalue weighted by Crippen LogP contribution is 2.33. The van der Waals surface area contributed by atoms with Crippen LogP contribution in [0.2, 0.25) is 0 Å². The molecule has 102 valence electrons. The van der Waals surface area contributed by atoms with Crippen LogP contribution in [0.4, 0.5) is 0 Å². The van der Waals surface area contributed by atoms with Gasteiger partial charge in [0.15, 0.2) is 0 Å². The van der Waals surface area contributed by atoms with Crippen molar-refractivity contribution in [2.75, 3.05) is 6.54 Å². The molecule has 0 aromatic carbocycles. The van der Waals surface area contributed by atoms with Gasteiger partial charge in [0, 0.05) is 18.1 Å². The third-order valence-electron chi connectivity index (χ3n) is 4.08. The highest BCUT2D eigenvalue weighted by atomic mass is 32.1. The SMILES string of the molecule is CC1C(=O)N2CCCC2C(=O)N1C(C)c1nccs1. The van der Waals surface area contributed by atoms with Crippen molar-refractivity contribution in [3.05, 3.63) is 16.6 Å². The minimum absolute atomic E-state index is 0.0745. The zero-order valence-electron chi connectivity index (χ0n) is 11.1. The van der Waals surface area contributed by atoms with Gasteiger partial charge in [0.05, 0.1) is 6.04 Å². The van der Waals surface area contributed by atoms with E-state index < -0.39 is 0 Å². The first-order chi connectivity index (χ1) is 9.11. The molecule has 0 saturated carbocycles. The van der Waals surface area contributed by atoms with Crippen molar-refractivity contribution in [3.8, 4) is 0 Å². The molecule has 2 aliphatic heterocycles. The largest absolute Gasteiger partial charge is 0.329 e. The second-order valence-corrected chi connectivity index (χ2v) is 6.08. The molecule has 3 unspecified atom stereocenters. The van der Waals surface area contributed by atoms with E-state index in [0.717, 1.165) is 24.4 Å². The third kappa shape index (κ3) is 1.85. The van der Waals surface area contributed by atoms with Crippen molar-refractivity contribution in [1.29, 1.82) is 0 Å². The first-order valence-electron chi connectivity index (χ1n) is 6.63. The van der Waals surface area contributed by atoms with Gasteiger partial charge in [-0.1, -0.05) is 0 Å². The molecule has 0 radical (unpaired) electrons. The number of piperazine rings is 1. The Bertz CT molecular complexity index is 502. The average molecular weight is 279 g/mol. The number of hydrogen-bond donors (Lipinski definition) is 0. The van der Waals surface area contributed by atoms with Crippen LogP contribution in [0.15, 0.2) is 11.6 Å². The van der Waals surface area contributed by atoms with Crippen molar-refractivity contribution in [3.63, 3.8) is 0 Å². The van der Waals surface area contributed by atoms with Gasteiger partial charge < -0.3 is 9.80 Å². The Morgan fingerprint density at radius 3 is 2.89 bits per heavy atom. The number of aromatic nitrogens is 1. The van der Waals surface area contributed by atoms with Gasteiger partial charge in [0.2, 0.25) is 11.8 Å². The highest BCUT2D eigenvalue weighted by molar-refractivity contribution is 7.09. The second kappa shape index (κ2) is 4.59. The number of nitrogens with zero attached hydrogens (tertiary/aromatic N) is 3. The van der Waals surface area contributed by atoms with Crippen LogP contribution in [0.1, 0.15) is 37.7 Å². The lowest BCUT2D eigenvalue weighted by atomic mass is 10.0. The molecule has 2 saturated heterocycles. The topological polar surface area (TPSA) is 53.5 Å². The minimum atomic E-state index is -0.388. The van der Waals surface area contributed by atoms with Crippen molar-refractivity contribution in [1.82, 2.24) is 14.8 Å². The van der Waals surface area contributed by atoms with Crippen LogP contribution in [0.3, 0.4) is 0 Å². The van der Waals surface area contributed by atoms with Gasteiger partial charge in [0.1, 0.15) is 17.1 Å².